The molecule has 0 saturated heterocycles. The largest absolute Gasteiger partial charge is 0.477 e. The van der Waals surface area contributed by atoms with E-state index in [-0.39, 0.29) is 4.88 Å². The maximum Gasteiger partial charge on any atom is 0.348 e. The molecular weight excluding hydrogens is 294 g/mol. The highest BCUT2D eigenvalue weighted by Gasteiger charge is 2.20. The van der Waals surface area contributed by atoms with E-state index in [0.717, 1.165) is 30.7 Å². The summed E-state index contributed by atoms with van der Waals surface area (Å²) < 4.78 is 0. The predicted octanol–water partition coefficient (Wildman–Crippen LogP) is 4.89. The molecule has 1 aromatic heterocycles. The van der Waals surface area contributed by atoms with Crippen LogP contribution in [0.1, 0.15) is 40.9 Å². The molecule has 20 heavy (non-hydrogen) atoms. The number of carbonyl (C=O) groups is 1. The molecule has 0 aliphatic carbocycles. The summed E-state index contributed by atoms with van der Waals surface area (Å²) in [6.07, 6.45) is 4.12. The number of rotatable bonds is 6. The topological polar surface area (TPSA) is 50.2 Å². The second-order valence-corrected chi connectivity index (χ2v) is 6.02. The van der Waals surface area contributed by atoms with Gasteiger partial charge in [-0.25, -0.2) is 9.78 Å². The molecule has 0 radical (unpaired) electrons. The van der Waals surface area contributed by atoms with Crippen molar-refractivity contribution in [2.75, 3.05) is 0 Å². The first-order valence-corrected chi connectivity index (χ1v) is 7.80. The molecular formula is C15H16ClNO2S. The van der Waals surface area contributed by atoms with Crippen LogP contribution >= 0.6 is 22.9 Å². The highest BCUT2D eigenvalue weighted by Crippen LogP contribution is 2.33. The Kier molecular flexibility index (Phi) is 5.15. The molecule has 2 aromatic rings. The first kappa shape index (κ1) is 15.0. The first-order valence-electron chi connectivity index (χ1n) is 6.61. The fraction of sp³-hybridized carbons (Fsp3) is 0.333. The molecule has 1 aromatic carbocycles. The van der Waals surface area contributed by atoms with Gasteiger partial charge >= 0.3 is 5.97 Å². The van der Waals surface area contributed by atoms with Gasteiger partial charge in [0.15, 0.2) is 0 Å². The van der Waals surface area contributed by atoms with Crippen molar-refractivity contribution in [1.82, 2.24) is 4.98 Å². The van der Waals surface area contributed by atoms with Gasteiger partial charge in [-0.3, -0.25) is 0 Å². The summed E-state index contributed by atoms with van der Waals surface area (Å²) in [7, 11) is 0. The second kappa shape index (κ2) is 6.86. The number of carboxylic acids is 1. The second-order valence-electron chi connectivity index (χ2n) is 4.53. The van der Waals surface area contributed by atoms with E-state index in [1.807, 2.05) is 12.1 Å². The first-order chi connectivity index (χ1) is 9.63. The van der Waals surface area contributed by atoms with E-state index in [2.05, 4.69) is 11.9 Å². The van der Waals surface area contributed by atoms with E-state index in [9.17, 15) is 9.90 Å². The van der Waals surface area contributed by atoms with E-state index in [4.69, 9.17) is 11.6 Å². The van der Waals surface area contributed by atoms with Crippen molar-refractivity contribution in [1.29, 1.82) is 0 Å². The molecule has 0 unspecified atom stereocenters. The summed E-state index contributed by atoms with van der Waals surface area (Å²) in [4.78, 5) is 16.1. The summed E-state index contributed by atoms with van der Waals surface area (Å²) >= 11 is 7.40. The zero-order valence-corrected chi connectivity index (χ0v) is 12.8. The van der Waals surface area contributed by atoms with Crippen LogP contribution in [0.15, 0.2) is 24.3 Å². The molecule has 0 atom stereocenters. The lowest BCUT2D eigenvalue weighted by Gasteiger charge is -2.01. The predicted molar refractivity (Wildman–Crippen MR) is 82.7 cm³/mol. The minimum absolute atomic E-state index is 0.268. The molecule has 0 fully saturated rings. The molecule has 0 amide bonds. The Balaban J connectivity index is 2.36. The standard InChI is InChI=1S/C15H16ClNO2S/c1-2-3-4-9-12-17-13(14(20-12)15(18)19)10-7-5-6-8-11(10)16/h5-8H,2-4,9H2,1H3,(H,18,19). The maximum atomic E-state index is 11.4. The van der Waals surface area contributed by atoms with Gasteiger partial charge in [-0.05, 0) is 18.9 Å². The fourth-order valence-electron chi connectivity index (χ4n) is 1.98. The van der Waals surface area contributed by atoms with Crippen molar-refractivity contribution < 1.29 is 9.90 Å². The number of hydrogen-bond acceptors (Lipinski definition) is 3. The van der Waals surface area contributed by atoms with Gasteiger partial charge in [-0.15, -0.1) is 11.3 Å². The van der Waals surface area contributed by atoms with Gasteiger partial charge in [-0.2, -0.15) is 0 Å². The van der Waals surface area contributed by atoms with Gasteiger partial charge in [-0.1, -0.05) is 49.6 Å². The number of hydrogen-bond donors (Lipinski definition) is 1. The molecule has 0 spiro atoms. The quantitative estimate of drug-likeness (QED) is 0.772. The van der Waals surface area contributed by atoms with E-state index in [1.165, 1.54) is 11.3 Å². The number of thiazole rings is 1. The Morgan fingerprint density at radius 1 is 1.35 bits per heavy atom. The summed E-state index contributed by atoms with van der Waals surface area (Å²) in [5, 5.41) is 10.7. The monoisotopic (exact) mass is 309 g/mol. The highest BCUT2D eigenvalue weighted by molar-refractivity contribution is 7.14. The van der Waals surface area contributed by atoms with Gasteiger partial charge in [0, 0.05) is 5.56 Å². The van der Waals surface area contributed by atoms with Crippen molar-refractivity contribution in [3.05, 3.63) is 39.2 Å². The zero-order valence-electron chi connectivity index (χ0n) is 11.2. The zero-order chi connectivity index (χ0) is 14.5. The van der Waals surface area contributed by atoms with Crippen molar-refractivity contribution in [2.45, 2.75) is 32.6 Å². The smallest absolute Gasteiger partial charge is 0.348 e. The average molecular weight is 310 g/mol. The summed E-state index contributed by atoms with van der Waals surface area (Å²) in [5.74, 6) is -0.945. The Bertz CT molecular complexity index is 610. The third kappa shape index (κ3) is 3.38. The van der Waals surface area contributed by atoms with Crippen LogP contribution in [0.4, 0.5) is 0 Å². The number of halogens is 1. The van der Waals surface area contributed by atoms with Crippen molar-refractivity contribution >= 4 is 28.9 Å². The minimum atomic E-state index is -0.945. The Labute approximate surface area is 127 Å². The number of benzene rings is 1. The van der Waals surface area contributed by atoms with Gasteiger partial charge in [0.2, 0.25) is 0 Å². The molecule has 2 rings (SSSR count). The number of aryl methyl sites for hydroxylation is 1. The van der Waals surface area contributed by atoms with Gasteiger partial charge in [0.1, 0.15) is 4.88 Å². The molecule has 0 aliphatic rings. The van der Waals surface area contributed by atoms with E-state index >= 15 is 0 Å². The molecule has 106 valence electrons. The lowest BCUT2D eigenvalue weighted by Crippen LogP contribution is -1.95. The minimum Gasteiger partial charge on any atom is -0.477 e. The van der Waals surface area contributed by atoms with Crippen LogP contribution in [0.25, 0.3) is 11.3 Å². The number of unbranched alkanes of at least 4 members (excludes halogenated alkanes) is 2. The van der Waals surface area contributed by atoms with Crippen LogP contribution in [-0.2, 0) is 6.42 Å². The van der Waals surface area contributed by atoms with Gasteiger partial charge in [0.05, 0.1) is 15.7 Å². The third-order valence-corrected chi connectivity index (χ3v) is 4.42. The van der Waals surface area contributed by atoms with Gasteiger partial charge < -0.3 is 5.11 Å². The molecule has 0 bridgehead atoms. The molecule has 1 N–H and O–H groups in total. The third-order valence-electron chi connectivity index (χ3n) is 2.99. The molecule has 0 saturated carbocycles. The van der Waals surface area contributed by atoms with Crippen LogP contribution in [0.3, 0.4) is 0 Å². The fourth-order valence-corrected chi connectivity index (χ4v) is 3.16. The van der Waals surface area contributed by atoms with Crippen LogP contribution in [0, 0.1) is 0 Å². The molecule has 0 aliphatic heterocycles. The SMILES string of the molecule is CCCCCc1nc(-c2ccccc2Cl)c(C(=O)O)s1. The molecule has 1 heterocycles. The average Bonchev–Trinajstić information content (AvgIpc) is 2.84. The van der Waals surface area contributed by atoms with Crippen LogP contribution in [0.5, 0.6) is 0 Å². The Morgan fingerprint density at radius 2 is 2.10 bits per heavy atom. The number of aromatic carboxylic acids is 1. The van der Waals surface area contributed by atoms with Crippen molar-refractivity contribution in [3.63, 3.8) is 0 Å². The van der Waals surface area contributed by atoms with E-state index in [0.29, 0.717) is 16.3 Å². The highest BCUT2D eigenvalue weighted by atomic mass is 35.5. The Hall–Kier alpha value is -1.39. The summed E-state index contributed by atoms with van der Waals surface area (Å²) in [5.41, 5.74) is 1.17. The van der Waals surface area contributed by atoms with Crippen LogP contribution in [-0.4, -0.2) is 16.1 Å². The maximum absolute atomic E-state index is 11.4. The lowest BCUT2D eigenvalue weighted by molar-refractivity contribution is 0.0702. The Morgan fingerprint density at radius 3 is 2.75 bits per heavy atom. The van der Waals surface area contributed by atoms with Crippen molar-refractivity contribution in [2.24, 2.45) is 0 Å². The number of nitrogens with zero attached hydrogens (tertiary/aromatic N) is 1. The molecule has 3 nitrogen and oxygen atoms in total. The lowest BCUT2D eigenvalue weighted by atomic mass is 10.1. The van der Waals surface area contributed by atoms with Crippen LogP contribution < -0.4 is 0 Å². The van der Waals surface area contributed by atoms with Crippen LogP contribution in [0.2, 0.25) is 5.02 Å². The summed E-state index contributed by atoms with van der Waals surface area (Å²) in [6, 6.07) is 7.21. The van der Waals surface area contributed by atoms with E-state index < -0.39 is 5.97 Å². The normalized spacial score (nSPS) is 10.7. The number of carboxylic acid groups (broad SMARTS) is 1. The molecule has 5 heteroatoms. The van der Waals surface area contributed by atoms with E-state index in [1.54, 1.807) is 12.1 Å². The number of aromatic nitrogens is 1. The summed E-state index contributed by atoms with van der Waals surface area (Å²) in [6.45, 7) is 2.14. The van der Waals surface area contributed by atoms with Gasteiger partial charge in [0.25, 0.3) is 0 Å². The van der Waals surface area contributed by atoms with Crippen molar-refractivity contribution in [3.8, 4) is 11.3 Å².